The number of nitrogens with zero attached hydrogens (tertiary/aromatic N) is 1. The lowest BCUT2D eigenvalue weighted by Crippen LogP contribution is -2.15. The Balaban J connectivity index is 1.77. The summed E-state index contributed by atoms with van der Waals surface area (Å²) in [6, 6.07) is 11.2. The van der Waals surface area contributed by atoms with Gasteiger partial charge in [-0.2, -0.15) is 0 Å². The second-order valence-corrected chi connectivity index (χ2v) is 5.98. The zero-order valence-electron chi connectivity index (χ0n) is 13.2. The predicted octanol–water partition coefficient (Wildman–Crippen LogP) is 3.52. The molecular weight excluding hydrogens is 374 g/mol. The number of hydrogen-bond donors (Lipinski definition) is 2. The quantitative estimate of drug-likeness (QED) is 0.699. The van der Waals surface area contributed by atoms with Crippen molar-refractivity contribution in [3.05, 3.63) is 46.4 Å². The SMILES string of the molecule is COc1cc(Br)c(CC(=O)Nc2nc3ccccc3[nH]2)cc1OC. The third kappa shape index (κ3) is 3.35. The van der Waals surface area contributed by atoms with E-state index >= 15 is 0 Å². The van der Waals surface area contributed by atoms with Crippen LogP contribution in [0.15, 0.2) is 40.9 Å². The molecule has 2 N–H and O–H groups in total. The van der Waals surface area contributed by atoms with E-state index in [-0.39, 0.29) is 12.3 Å². The largest absolute Gasteiger partial charge is 0.493 e. The van der Waals surface area contributed by atoms with Gasteiger partial charge in [0.15, 0.2) is 11.5 Å². The van der Waals surface area contributed by atoms with Crippen molar-refractivity contribution in [2.45, 2.75) is 6.42 Å². The molecule has 0 atom stereocenters. The summed E-state index contributed by atoms with van der Waals surface area (Å²) in [4.78, 5) is 19.7. The van der Waals surface area contributed by atoms with Crippen molar-refractivity contribution in [3.8, 4) is 11.5 Å². The van der Waals surface area contributed by atoms with Crippen molar-refractivity contribution >= 4 is 38.8 Å². The van der Waals surface area contributed by atoms with Gasteiger partial charge in [0.05, 0.1) is 31.7 Å². The molecule has 7 heteroatoms. The van der Waals surface area contributed by atoms with E-state index in [1.54, 1.807) is 26.4 Å². The van der Waals surface area contributed by atoms with Crippen LogP contribution in [0.2, 0.25) is 0 Å². The van der Waals surface area contributed by atoms with Crippen LogP contribution in [0, 0.1) is 0 Å². The van der Waals surface area contributed by atoms with Gasteiger partial charge in [-0.25, -0.2) is 4.98 Å². The molecule has 6 nitrogen and oxygen atoms in total. The highest BCUT2D eigenvalue weighted by molar-refractivity contribution is 9.10. The molecule has 124 valence electrons. The number of nitrogens with one attached hydrogen (secondary N) is 2. The Bertz CT molecular complexity index is 859. The summed E-state index contributed by atoms with van der Waals surface area (Å²) in [5.74, 6) is 1.43. The minimum atomic E-state index is -0.179. The molecule has 0 aliphatic rings. The number of benzene rings is 2. The summed E-state index contributed by atoms with van der Waals surface area (Å²) in [6.07, 6.45) is 0.179. The minimum Gasteiger partial charge on any atom is -0.493 e. The molecule has 24 heavy (non-hydrogen) atoms. The van der Waals surface area contributed by atoms with Crippen LogP contribution in [0.5, 0.6) is 11.5 Å². The fraction of sp³-hybridized carbons (Fsp3) is 0.176. The molecule has 0 unspecified atom stereocenters. The van der Waals surface area contributed by atoms with E-state index in [0.29, 0.717) is 17.4 Å². The topological polar surface area (TPSA) is 76.2 Å². The van der Waals surface area contributed by atoms with Crippen LogP contribution >= 0.6 is 15.9 Å². The van der Waals surface area contributed by atoms with Crippen molar-refractivity contribution in [1.82, 2.24) is 9.97 Å². The number of amides is 1. The first kappa shape index (κ1) is 16.3. The van der Waals surface area contributed by atoms with Gasteiger partial charge >= 0.3 is 0 Å². The molecule has 3 aromatic rings. The van der Waals surface area contributed by atoms with E-state index in [9.17, 15) is 4.79 Å². The maximum absolute atomic E-state index is 12.3. The summed E-state index contributed by atoms with van der Waals surface area (Å²) >= 11 is 3.45. The van der Waals surface area contributed by atoms with Crippen LogP contribution in [0.3, 0.4) is 0 Å². The van der Waals surface area contributed by atoms with Crippen LogP contribution in [0.1, 0.15) is 5.56 Å². The highest BCUT2D eigenvalue weighted by Gasteiger charge is 2.14. The molecular formula is C17H16BrN3O3. The number of H-pyrrole nitrogens is 1. The molecule has 0 fully saturated rings. The lowest BCUT2D eigenvalue weighted by atomic mass is 10.1. The molecule has 3 rings (SSSR count). The van der Waals surface area contributed by atoms with Crippen LogP contribution in [-0.2, 0) is 11.2 Å². The standard InChI is InChI=1S/C17H16BrN3O3/c1-23-14-7-10(11(18)9-15(14)24-2)8-16(22)21-17-19-12-5-3-4-6-13(12)20-17/h3-7,9H,8H2,1-2H3,(H2,19,20,21,22). The smallest absolute Gasteiger partial charge is 0.231 e. The molecule has 0 aliphatic carbocycles. The number of carbonyl (C=O) groups excluding carboxylic acids is 1. The normalized spacial score (nSPS) is 10.6. The van der Waals surface area contributed by atoms with Crippen LogP contribution in [0.25, 0.3) is 11.0 Å². The third-order valence-electron chi connectivity index (χ3n) is 3.55. The number of imidazole rings is 1. The van der Waals surface area contributed by atoms with Gasteiger partial charge in [0.1, 0.15) is 0 Å². The fourth-order valence-corrected chi connectivity index (χ4v) is 2.86. The summed E-state index contributed by atoms with van der Waals surface area (Å²) in [7, 11) is 3.13. The monoisotopic (exact) mass is 389 g/mol. The Morgan fingerprint density at radius 1 is 1.21 bits per heavy atom. The number of ether oxygens (including phenoxy) is 2. The molecule has 2 aromatic carbocycles. The number of methoxy groups -OCH3 is 2. The molecule has 0 bridgehead atoms. The average Bonchev–Trinajstić information content (AvgIpc) is 2.98. The average molecular weight is 390 g/mol. The summed E-state index contributed by atoms with van der Waals surface area (Å²) < 4.78 is 11.3. The second kappa shape index (κ2) is 6.92. The Labute approximate surface area is 147 Å². The summed E-state index contributed by atoms with van der Waals surface area (Å²) in [6.45, 7) is 0. The van der Waals surface area contributed by atoms with Crippen LogP contribution < -0.4 is 14.8 Å². The zero-order chi connectivity index (χ0) is 17.1. The van der Waals surface area contributed by atoms with Gasteiger partial charge in [-0.05, 0) is 29.8 Å². The van der Waals surface area contributed by atoms with Gasteiger partial charge in [0.2, 0.25) is 11.9 Å². The fourth-order valence-electron chi connectivity index (χ4n) is 2.39. The van der Waals surface area contributed by atoms with E-state index in [4.69, 9.17) is 9.47 Å². The number of hydrogen-bond acceptors (Lipinski definition) is 4. The third-order valence-corrected chi connectivity index (χ3v) is 4.29. The number of aromatic amines is 1. The number of halogens is 1. The molecule has 1 amide bonds. The molecule has 0 saturated carbocycles. The first-order valence-corrected chi connectivity index (χ1v) is 8.05. The minimum absolute atomic E-state index is 0.179. The number of para-hydroxylation sites is 2. The van der Waals surface area contributed by atoms with Crippen LogP contribution in [0.4, 0.5) is 5.95 Å². The summed E-state index contributed by atoms with van der Waals surface area (Å²) in [5.41, 5.74) is 2.47. The molecule has 0 aliphatic heterocycles. The van der Waals surface area contributed by atoms with Crippen molar-refractivity contribution in [1.29, 1.82) is 0 Å². The van der Waals surface area contributed by atoms with Gasteiger partial charge in [0, 0.05) is 4.47 Å². The van der Waals surface area contributed by atoms with Gasteiger partial charge in [-0.15, -0.1) is 0 Å². The molecule has 1 aromatic heterocycles. The van der Waals surface area contributed by atoms with Gasteiger partial charge in [-0.1, -0.05) is 28.1 Å². The number of carbonyl (C=O) groups is 1. The molecule has 0 saturated heterocycles. The summed E-state index contributed by atoms with van der Waals surface area (Å²) in [5, 5.41) is 2.77. The zero-order valence-corrected chi connectivity index (χ0v) is 14.8. The predicted molar refractivity (Wildman–Crippen MR) is 95.7 cm³/mol. The van der Waals surface area contributed by atoms with Gasteiger partial charge in [0.25, 0.3) is 0 Å². The van der Waals surface area contributed by atoms with Gasteiger partial charge in [-0.3, -0.25) is 10.1 Å². The van der Waals surface area contributed by atoms with Crippen molar-refractivity contribution in [2.24, 2.45) is 0 Å². The van der Waals surface area contributed by atoms with E-state index in [1.165, 1.54) is 0 Å². The molecule has 0 spiro atoms. The first-order valence-electron chi connectivity index (χ1n) is 7.25. The lowest BCUT2D eigenvalue weighted by molar-refractivity contribution is -0.115. The Morgan fingerprint density at radius 3 is 2.62 bits per heavy atom. The highest BCUT2D eigenvalue weighted by atomic mass is 79.9. The first-order chi connectivity index (χ1) is 11.6. The number of rotatable bonds is 5. The molecule has 1 heterocycles. The number of anilines is 1. The van der Waals surface area contributed by atoms with E-state index in [2.05, 4.69) is 31.2 Å². The maximum atomic E-state index is 12.3. The number of aromatic nitrogens is 2. The Kier molecular flexibility index (Phi) is 4.71. The lowest BCUT2D eigenvalue weighted by Gasteiger charge is -2.11. The van der Waals surface area contributed by atoms with Crippen molar-refractivity contribution in [3.63, 3.8) is 0 Å². The Hall–Kier alpha value is -2.54. The Morgan fingerprint density at radius 2 is 1.92 bits per heavy atom. The molecule has 0 radical (unpaired) electrons. The van der Waals surface area contributed by atoms with Crippen molar-refractivity contribution < 1.29 is 14.3 Å². The maximum Gasteiger partial charge on any atom is 0.231 e. The van der Waals surface area contributed by atoms with E-state index in [0.717, 1.165) is 21.1 Å². The highest BCUT2D eigenvalue weighted by Crippen LogP contribution is 2.33. The van der Waals surface area contributed by atoms with Gasteiger partial charge < -0.3 is 14.5 Å². The van der Waals surface area contributed by atoms with Crippen LogP contribution in [-0.4, -0.2) is 30.1 Å². The van der Waals surface area contributed by atoms with E-state index < -0.39 is 0 Å². The second-order valence-electron chi connectivity index (χ2n) is 5.13. The number of fused-ring (bicyclic) bond motifs is 1. The van der Waals surface area contributed by atoms with E-state index in [1.807, 2.05) is 24.3 Å². The van der Waals surface area contributed by atoms with Crippen molar-refractivity contribution in [2.75, 3.05) is 19.5 Å².